The predicted octanol–water partition coefficient (Wildman–Crippen LogP) is 0.389. The fraction of sp³-hybridized carbons (Fsp3) is 0.833. The molecule has 94 valence electrons. The second-order valence-corrected chi connectivity index (χ2v) is 5.29. The summed E-state index contributed by atoms with van der Waals surface area (Å²) in [5.74, 6) is 2.00. The van der Waals surface area contributed by atoms with Crippen LogP contribution in [0.1, 0.15) is 25.1 Å². The Morgan fingerprint density at radius 3 is 3.06 bits per heavy atom. The fourth-order valence-electron chi connectivity index (χ4n) is 2.65. The minimum absolute atomic E-state index is 0.700. The normalized spacial score (nSPS) is 27.0. The van der Waals surface area contributed by atoms with Crippen molar-refractivity contribution in [2.24, 2.45) is 13.0 Å². The molecule has 17 heavy (non-hydrogen) atoms. The summed E-state index contributed by atoms with van der Waals surface area (Å²) in [4.78, 5) is 6.84. The molecule has 5 nitrogen and oxygen atoms in total. The average molecular weight is 235 g/mol. The molecule has 0 radical (unpaired) electrons. The van der Waals surface area contributed by atoms with Gasteiger partial charge in [-0.3, -0.25) is 9.58 Å². The molecule has 1 N–H and O–H groups in total. The third-order valence-corrected chi connectivity index (χ3v) is 3.87. The van der Waals surface area contributed by atoms with Crippen molar-refractivity contribution in [2.75, 3.05) is 19.6 Å². The van der Waals surface area contributed by atoms with E-state index in [-0.39, 0.29) is 0 Å². The number of nitrogens with one attached hydrogen (secondary N) is 1. The smallest absolute Gasteiger partial charge is 0.140 e. The molecule has 0 aromatic carbocycles. The summed E-state index contributed by atoms with van der Waals surface area (Å²) in [6.45, 7) is 4.43. The molecule has 2 heterocycles. The van der Waals surface area contributed by atoms with E-state index in [0.29, 0.717) is 6.04 Å². The molecule has 1 saturated carbocycles. The van der Waals surface area contributed by atoms with E-state index < -0.39 is 0 Å². The highest BCUT2D eigenvalue weighted by Crippen LogP contribution is 2.33. The van der Waals surface area contributed by atoms with Crippen LogP contribution in [0.15, 0.2) is 6.33 Å². The van der Waals surface area contributed by atoms with E-state index >= 15 is 0 Å². The van der Waals surface area contributed by atoms with Crippen LogP contribution in [0.2, 0.25) is 0 Å². The summed E-state index contributed by atoms with van der Waals surface area (Å²) in [7, 11) is 1.97. The van der Waals surface area contributed by atoms with E-state index in [1.54, 1.807) is 6.33 Å². The van der Waals surface area contributed by atoms with Gasteiger partial charge in [-0.25, -0.2) is 4.98 Å². The highest BCUT2D eigenvalue weighted by molar-refractivity contribution is 4.92. The molecule has 0 spiro atoms. The first-order valence-electron chi connectivity index (χ1n) is 6.61. The molecule has 3 rings (SSSR count). The van der Waals surface area contributed by atoms with Crippen LogP contribution in [0.4, 0.5) is 0 Å². The molecule has 0 amide bonds. The van der Waals surface area contributed by atoms with Crippen molar-refractivity contribution in [3.05, 3.63) is 12.2 Å². The summed E-state index contributed by atoms with van der Waals surface area (Å²) in [5.41, 5.74) is 0. The molecule has 1 aliphatic heterocycles. The molecule has 1 unspecified atom stereocenters. The first kappa shape index (κ1) is 11.2. The molecular formula is C12H21N5. The van der Waals surface area contributed by atoms with Crippen LogP contribution in [0.5, 0.6) is 0 Å². The van der Waals surface area contributed by atoms with Gasteiger partial charge in [-0.05, 0) is 38.3 Å². The molecular weight excluding hydrogens is 214 g/mol. The van der Waals surface area contributed by atoms with Crippen molar-refractivity contribution in [3.63, 3.8) is 0 Å². The lowest BCUT2D eigenvalue weighted by molar-refractivity contribution is 0.242. The van der Waals surface area contributed by atoms with Crippen molar-refractivity contribution < 1.29 is 0 Å². The fourth-order valence-corrected chi connectivity index (χ4v) is 2.65. The van der Waals surface area contributed by atoms with Crippen molar-refractivity contribution in [1.82, 2.24) is 25.0 Å². The Hall–Kier alpha value is -0.940. The van der Waals surface area contributed by atoms with E-state index in [0.717, 1.165) is 31.4 Å². The maximum atomic E-state index is 4.32. The number of aryl methyl sites for hydroxylation is 1. The van der Waals surface area contributed by atoms with Crippen molar-refractivity contribution in [2.45, 2.75) is 31.8 Å². The zero-order chi connectivity index (χ0) is 11.7. The van der Waals surface area contributed by atoms with E-state index in [9.17, 15) is 0 Å². The first-order valence-corrected chi connectivity index (χ1v) is 6.61. The summed E-state index contributed by atoms with van der Waals surface area (Å²) < 4.78 is 1.88. The number of aromatic nitrogens is 3. The van der Waals surface area contributed by atoms with Crippen LogP contribution in [0, 0.1) is 5.92 Å². The molecule has 1 saturated heterocycles. The highest BCUT2D eigenvalue weighted by Gasteiger charge is 2.33. The Morgan fingerprint density at radius 1 is 1.47 bits per heavy atom. The van der Waals surface area contributed by atoms with Gasteiger partial charge in [0, 0.05) is 19.6 Å². The maximum Gasteiger partial charge on any atom is 0.140 e. The van der Waals surface area contributed by atoms with E-state index in [2.05, 4.69) is 20.3 Å². The van der Waals surface area contributed by atoms with E-state index in [4.69, 9.17) is 0 Å². The van der Waals surface area contributed by atoms with Gasteiger partial charge in [0.05, 0.1) is 6.54 Å². The van der Waals surface area contributed by atoms with Crippen LogP contribution in [0.25, 0.3) is 0 Å². The second kappa shape index (κ2) is 4.74. The SMILES string of the molecule is Cn1ncnc1CN1CCCNC(C2CC2)C1. The maximum absolute atomic E-state index is 4.32. The van der Waals surface area contributed by atoms with Gasteiger partial charge in [0.2, 0.25) is 0 Å². The third kappa shape index (κ3) is 2.66. The minimum atomic E-state index is 0.700. The number of hydrogen-bond donors (Lipinski definition) is 1. The molecule has 2 fully saturated rings. The molecule has 0 bridgehead atoms. The second-order valence-electron chi connectivity index (χ2n) is 5.29. The third-order valence-electron chi connectivity index (χ3n) is 3.87. The molecule has 1 aromatic heterocycles. The Kier molecular flexibility index (Phi) is 3.11. The summed E-state index contributed by atoms with van der Waals surface area (Å²) in [6.07, 6.45) is 5.70. The molecule has 1 atom stereocenters. The lowest BCUT2D eigenvalue weighted by atomic mass is 10.2. The van der Waals surface area contributed by atoms with Gasteiger partial charge in [0.1, 0.15) is 12.2 Å². The number of nitrogens with zero attached hydrogens (tertiary/aromatic N) is 4. The first-order chi connectivity index (χ1) is 8.33. The topological polar surface area (TPSA) is 46.0 Å². The quantitative estimate of drug-likeness (QED) is 0.823. The largest absolute Gasteiger partial charge is 0.312 e. The minimum Gasteiger partial charge on any atom is -0.312 e. The van der Waals surface area contributed by atoms with Gasteiger partial charge in [0.15, 0.2) is 0 Å². The van der Waals surface area contributed by atoms with Crippen LogP contribution in [-0.2, 0) is 13.6 Å². The van der Waals surface area contributed by atoms with Crippen LogP contribution >= 0.6 is 0 Å². The van der Waals surface area contributed by atoms with Crippen molar-refractivity contribution in [3.8, 4) is 0 Å². The monoisotopic (exact) mass is 235 g/mol. The highest BCUT2D eigenvalue weighted by atomic mass is 15.3. The Morgan fingerprint density at radius 2 is 2.35 bits per heavy atom. The van der Waals surface area contributed by atoms with E-state index in [1.807, 2.05) is 11.7 Å². The number of hydrogen-bond acceptors (Lipinski definition) is 4. The predicted molar refractivity (Wildman–Crippen MR) is 65.4 cm³/mol. The lowest BCUT2D eigenvalue weighted by Crippen LogP contribution is -2.39. The molecule has 5 heteroatoms. The lowest BCUT2D eigenvalue weighted by Gasteiger charge is -2.23. The molecule has 1 aliphatic carbocycles. The van der Waals surface area contributed by atoms with Gasteiger partial charge in [-0.15, -0.1) is 0 Å². The van der Waals surface area contributed by atoms with E-state index in [1.165, 1.54) is 25.8 Å². The Bertz CT molecular complexity index is 371. The molecule has 1 aromatic rings. The zero-order valence-corrected chi connectivity index (χ0v) is 10.5. The van der Waals surface area contributed by atoms with Gasteiger partial charge in [0.25, 0.3) is 0 Å². The summed E-state index contributed by atoms with van der Waals surface area (Å²) >= 11 is 0. The Labute approximate surface area is 102 Å². The standard InChI is InChI=1S/C12H21N5/c1-16-12(14-9-15-16)8-17-6-2-5-13-11(7-17)10-3-4-10/h9-11,13H,2-8H2,1H3. The van der Waals surface area contributed by atoms with Gasteiger partial charge >= 0.3 is 0 Å². The van der Waals surface area contributed by atoms with Gasteiger partial charge in [-0.2, -0.15) is 5.10 Å². The zero-order valence-electron chi connectivity index (χ0n) is 10.5. The average Bonchev–Trinajstić information content (AvgIpc) is 3.09. The summed E-state index contributed by atoms with van der Waals surface area (Å²) in [6, 6.07) is 0.700. The molecule has 2 aliphatic rings. The van der Waals surface area contributed by atoms with Crippen LogP contribution in [-0.4, -0.2) is 45.3 Å². The van der Waals surface area contributed by atoms with Gasteiger partial charge < -0.3 is 5.32 Å². The van der Waals surface area contributed by atoms with Crippen molar-refractivity contribution >= 4 is 0 Å². The van der Waals surface area contributed by atoms with Crippen molar-refractivity contribution in [1.29, 1.82) is 0 Å². The van der Waals surface area contributed by atoms with Crippen LogP contribution in [0.3, 0.4) is 0 Å². The number of rotatable bonds is 3. The van der Waals surface area contributed by atoms with Gasteiger partial charge in [-0.1, -0.05) is 0 Å². The summed E-state index contributed by atoms with van der Waals surface area (Å²) in [5, 5.41) is 7.82. The van der Waals surface area contributed by atoms with Crippen LogP contribution < -0.4 is 5.32 Å². The Balaban J connectivity index is 1.63.